The highest BCUT2D eigenvalue weighted by Crippen LogP contribution is 2.29. The second-order valence-corrected chi connectivity index (χ2v) is 6.96. The van der Waals surface area contributed by atoms with E-state index in [2.05, 4.69) is 20.2 Å². The van der Waals surface area contributed by atoms with E-state index in [0.717, 1.165) is 19.4 Å². The average molecular weight is 395 g/mol. The lowest BCUT2D eigenvalue weighted by Crippen LogP contribution is -2.60. The van der Waals surface area contributed by atoms with Gasteiger partial charge in [-0.25, -0.2) is 4.79 Å². The molecular weight excluding hydrogens is 366 g/mol. The number of aliphatic hydroxyl groups excluding tert-OH is 1. The maximum Gasteiger partial charge on any atom is 0.333 e. The first kappa shape index (κ1) is 22.2. The fourth-order valence-electron chi connectivity index (χ4n) is 3.85. The summed E-state index contributed by atoms with van der Waals surface area (Å²) in [5.41, 5.74) is 9.44. The topological polar surface area (TPSA) is 137 Å². The molecule has 1 heterocycles. The van der Waals surface area contributed by atoms with Gasteiger partial charge in [-0.2, -0.15) is 0 Å². The van der Waals surface area contributed by atoms with Gasteiger partial charge in [0.25, 0.3) is 0 Å². The third kappa shape index (κ3) is 5.93. The van der Waals surface area contributed by atoms with Crippen LogP contribution in [-0.2, 0) is 19.1 Å². The van der Waals surface area contributed by atoms with E-state index < -0.39 is 18.1 Å². The molecule has 2 aliphatic rings. The average Bonchev–Trinajstić information content (AvgIpc) is 2.67. The van der Waals surface area contributed by atoms with Crippen LogP contribution in [-0.4, -0.2) is 79.0 Å². The second-order valence-electron chi connectivity index (χ2n) is 6.96. The largest absolute Gasteiger partial charge is 0.463 e. The summed E-state index contributed by atoms with van der Waals surface area (Å²) in [5, 5.41) is 15.7. The zero-order chi connectivity index (χ0) is 20.5. The molecule has 2 N–H and O–H groups in total. The van der Waals surface area contributed by atoms with Crippen LogP contribution in [0.2, 0.25) is 0 Å². The number of azide groups is 1. The third-order valence-corrected chi connectivity index (χ3v) is 4.97. The minimum Gasteiger partial charge on any atom is -0.463 e. The number of ether oxygens (including phenoxy) is 2. The molecule has 1 amide bonds. The summed E-state index contributed by atoms with van der Waals surface area (Å²) in [4.78, 5) is 29.2. The maximum atomic E-state index is 12.3. The molecule has 0 unspecified atom stereocenters. The lowest BCUT2D eigenvalue weighted by atomic mass is 9.85. The minimum atomic E-state index is -0.595. The number of carbonyl (C=O) groups excluding carboxylic acids is 2. The van der Waals surface area contributed by atoms with Gasteiger partial charge in [0.2, 0.25) is 5.91 Å². The van der Waals surface area contributed by atoms with Gasteiger partial charge < -0.3 is 19.9 Å². The van der Waals surface area contributed by atoms with Crippen LogP contribution < -0.4 is 5.32 Å². The van der Waals surface area contributed by atoms with Crippen LogP contribution in [0.15, 0.2) is 16.8 Å². The van der Waals surface area contributed by atoms with Crippen LogP contribution in [0.1, 0.15) is 33.1 Å². The Hall–Kier alpha value is -2.13. The predicted octanol–water partition coefficient (Wildman–Crippen LogP) is 0.905. The number of aliphatic hydroxyl groups is 1. The molecular formula is C18H29N5O5. The number of likely N-dealkylation sites (tertiary alicyclic amines) is 1. The van der Waals surface area contributed by atoms with Crippen molar-refractivity contribution in [3.63, 3.8) is 0 Å². The normalized spacial score (nSPS) is 28.0. The monoisotopic (exact) mass is 395 g/mol. The highest BCUT2D eigenvalue weighted by Gasteiger charge is 2.40. The number of amides is 1. The number of nitrogens with zero attached hydrogens (tertiary/aromatic N) is 4. The molecule has 1 aliphatic heterocycles. The van der Waals surface area contributed by atoms with Gasteiger partial charge in [-0.3, -0.25) is 9.69 Å². The van der Waals surface area contributed by atoms with Gasteiger partial charge in [-0.15, -0.1) is 0 Å². The Morgan fingerprint density at radius 3 is 2.93 bits per heavy atom. The van der Waals surface area contributed by atoms with Crippen molar-refractivity contribution < 1.29 is 24.2 Å². The van der Waals surface area contributed by atoms with Gasteiger partial charge >= 0.3 is 5.97 Å². The van der Waals surface area contributed by atoms with Gasteiger partial charge in [-0.05, 0) is 38.3 Å². The lowest BCUT2D eigenvalue weighted by Gasteiger charge is -2.44. The lowest BCUT2D eigenvalue weighted by molar-refractivity contribution is -0.138. The molecule has 4 atom stereocenters. The molecule has 0 bridgehead atoms. The van der Waals surface area contributed by atoms with Crippen LogP contribution in [0.25, 0.3) is 10.4 Å². The van der Waals surface area contributed by atoms with E-state index in [1.54, 1.807) is 6.92 Å². The fraction of sp³-hybridized carbons (Fsp3) is 0.778. The molecule has 0 spiro atoms. The van der Waals surface area contributed by atoms with Crippen LogP contribution in [0.4, 0.5) is 0 Å². The summed E-state index contributed by atoms with van der Waals surface area (Å²) in [6, 6.07) is -1.38. The van der Waals surface area contributed by atoms with Crippen molar-refractivity contribution >= 4 is 11.9 Å². The van der Waals surface area contributed by atoms with E-state index in [1.165, 1.54) is 6.92 Å². The van der Waals surface area contributed by atoms with Gasteiger partial charge in [0.1, 0.15) is 0 Å². The Morgan fingerprint density at radius 2 is 2.29 bits per heavy atom. The van der Waals surface area contributed by atoms with Crippen LogP contribution in [0, 0.1) is 0 Å². The van der Waals surface area contributed by atoms with Crippen LogP contribution >= 0.6 is 0 Å². The smallest absolute Gasteiger partial charge is 0.333 e. The number of hydrogen-bond donors (Lipinski definition) is 2. The number of nitrogens with one attached hydrogen (secondary N) is 1. The van der Waals surface area contributed by atoms with Crippen molar-refractivity contribution in [2.75, 3.05) is 32.9 Å². The third-order valence-electron chi connectivity index (χ3n) is 4.97. The van der Waals surface area contributed by atoms with Crippen molar-refractivity contribution in [2.24, 2.45) is 5.11 Å². The predicted molar refractivity (Wildman–Crippen MR) is 101 cm³/mol. The molecule has 0 aromatic rings. The summed E-state index contributed by atoms with van der Waals surface area (Å²) < 4.78 is 10.8. The summed E-state index contributed by atoms with van der Waals surface area (Å²) in [5.74, 6) is -0.664. The van der Waals surface area contributed by atoms with E-state index in [0.29, 0.717) is 12.1 Å². The zero-order valence-corrected chi connectivity index (χ0v) is 16.4. The van der Waals surface area contributed by atoms with E-state index in [9.17, 15) is 9.59 Å². The Labute approximate surface area is 164 Å². The van der Waals surface area contributed by atoms with E-state index >= 15 is 0 Å². The minimum absolute atomic E-state index is 0.0414. The van der Waals surface area contributed by atoms with E-state index in [-0.39, 0.29) is 44.3 Å². The standard InChI is InChI=1S/C18H29N5O5/c1-3-27-18(26)13-9-15(21-22-19)17(20-12(2)25)16(10-13)23-6-4-5-14(11-23)28-8-7-24/h10,14-17,24H,3-9,11H2,1-2H3,(H,20,25)/t14-,15-,16+,17+/m0/s1. The molecule has 0 aromatic heterocycles. The molecule has 0 saturated carbocycles. The first-order valence-corrected chi connectivity index (χ1v) is 9.65. The van der Waals surface area contributed by atoms with Crippen molar-refractivity contribution in [2.45, 2.75) is 57.3 Å². The number of esters is 1. The first-order valence-electron chi connectivity index (χ1n) is 9.65. The summed E-state index contributed by atoms with van der Waals surface area (Å²) in [6.07, 6.45) is 3.74. The number of piperidine rings is 1. The number of rotatable bonds is 8. The van der Waals surface area contributed by atoms with Crippen molar-refractivity contribution in [3.05, 3.63) is 22.1 Å². The molecule has 28 heavy (non-hydrogen) atoms. The molecule has 2 rings (SSSR count). The summed E-state index contributed by atoms with van der Waals surface area (Å²) >= 11 is 0. The quantitative estimate of drug-likeness (QED) is 0.271. The SMILES string of the molecule is CCOC(=O)C1=C[C@@H](N2CCC[C@H](OCCO)C2)[C@H](NC(C)=O)[C@@H](N=[N+]=[N-])C1. The first-order chi connectivity index (χ1) is 13.5. The Kier molecular flexibility index (Phi) is 8.72. The van der Waals surface area contributed by atoms with Crippen LogP contribution in [0.5, 0.6) is 0 Å². The fourth-order valence-corrected chi connectivity index (χ4v) is 3.85. The second kappa shape index (κ2) is 11.0. The number of hydrogen-bond acceptors (Lipinski definition) is 7. The zero-order valence-electron chi connectivity index (χ0n) is 16.4. The molecule has 0 aromatic carbocycles. The maximum absolute atomic E-state index is 12.3. The Morgan fingerprint density at radius 1 is 1.50 bits per heavy atom. The van der Waals surface area contributed by atoms with Crippen LogP contribution in [0.3, 0.4) is 0 Å². The highest BCUT2D eigenvalue weighted by molar-refractivity contribution is 5.89. The summed E-state index contributed by atoms with van der Waals surface area (Å²) in [7, 11) is 0. The molecule has 10 heteroatoms. The number of carbonyl (C=O) groups is 2. The van der Waals surface area contributed by atoms with Gasteiger partial charge in [0, 0.05) is 30.0 Å². The molecule has 1 saturated heterocycles. The molecule has 1 aliphatic carbocycles. The van der Waals surface area contributed by atoms with Gasteiger partial charge in [0.05, 0.1) is 38.0 Å². The van der Waals surface area contributed by atoms with Crippen molar-refractivity contribution in [1.82, 2.24) is 10.2 Å². The van der Waals surface area contributed by atoms with E-state index in [1.807, 2.05) is 6.08 Å². The molecule has 10 nitrogen and oxygen atoms in total. The summed E-state index contributed by atoms with van der Waals surface area (Å²) in [6.45, 7) is 4.98. The van der Waals surface area contributed by atoms with E-state index in [4.69, 9.17) is 20.1 Å². The molecule has 156 valence electrons. The van der Waals surface area contributed by atoms with Crippen molar-refractivity contribution in [3.8, 4) is 0 Å². The van der Waals surface area contributed by atoms with Gasteiger partial charge in [0.15, 0.2) is 0 Å². The molecule has 0 radical (unpaired) electrons. The Bertz CT molecular complexity index is 634. The highest BCUT2D eigenvalue weighted by atomic mass is 16.5. The Balaban J connectivity index is 2.31. The van der Waals surface area contributed by atoms with Gasteiger partial charge in [-0.1, -0.05) is 11.2 Å². The molecule has 1 fully saturated rings. The van der Waals surface area contributed by atoms with Crippen molar-refractivity contribution in [1.29, 1.82) is 0 Å².